The van der Waals surface area contributed by atoms with Crippen molar-refractivity contribution in [3.63, 3.8) is 0 Å². The molecule has 3 atom stereocenters. The van der Waals surface area contributed by atoms with E-state index in [-0.39, 0.29) is 16.7 Å². The van der Waals surface area contributed by atoms with Crippen LogP contribution in [-0.2, 0) is 11.0 Å². The molecule has 0 aliphatic carbocycles. The maximum absolute atomic E-state index is 12.4. The number of halogens is 2. The largest absolute Gasteiger partial charge is 0.263 e. The third-order valence-corrected chi connectivity index (χ3v) is 5.72. The maximum atomic E-state index is 12.4. The van der Waals surface area contributed by atoms with Gasteiger partial charge in [-0.25, -0.2) is 8.93 Å². The minimum absolute atomic E-state index is 0.0647. The van der Waals surface area contributed by atoms with E-state index in [4.69, 9.17) is 11.6 Å². The van der Waals surface area contributed by atoms with Crippen LogP contribution in [0.1, 0.15) is 39.3 Å². The number of nitrogens with zero attached hydrogens (tertiary/aromatic N) is 1. The number of rotatable bonds is 5. The first-order valence-electron chi connectivity index (χ1n) is 6.28. The Morgan fingerprint density at radius 3 is 2.60 bits per heavy atom. The molecule has 6 heteroatoms. The van der Waals surface area contributed by atoms with Gasteiger partial charge in [-0.05, 0) is 42.6 Å². The average Bonchev–Trinajstić information content (AvgIpc) is 2.37. The predicted molar refractivity (Wildman–Crippen MR) is 90.1 cm³/mol. The highest BCUT2D eigenvalue weighted by molar-refractivity contribution is 9.10. The standard InChI is InChI=1S/C14H20BrClN2OS/c1-6-9(2)13(18-20(19)14(3,4)5)10-7-17-8-11(15)12(10)16/h6-9,13,18H,1H2,2-5H3. The van der Waals surface area contributed by atoms with Crippen molar-refractivity contribution >= 4 is 38.5 Å². The first-order valence-corrected chi connectivity index (χ1v) is 8.60. The van der Waals surface area contributed by atoms with Crippen LogP contribution in [0, 0.1) is 5.92 Å². The zero-order valence-electron chi connectivity index (χ0n) is 12.1. The van der Waals surface area contributed by atoms with Gasteiger partial charge in [0.15, 0.2) is 0 Å². The Balaban J connectivity index is 3.17. The van der Waals surface area contributed by atoms with Gasteiger partial charge in [0, 0.05) is 18.0 Å². The van der Waals surface area contributed by atoms with Crippen LogP contribution in [0.5, 0.6) is 0 Å². The lowest BCUT2D eigenvalue weighted by Gasteiger charge is -2.28. The van der Waals surface area contributed by atoms with Crippen molar-refractivity contribution in [3.05, 3.63) is 40.1 Å². The van der Waals surface area contributed by atoms with Crippen LogP contribution >= 0.6 is 27.5 Å². The van der Waals surface area contributed by atoms with Gasteiger partial charge < -0.3 is 0 Å². The topological polar surface area (TPSA) is 42.0 Å². The van der Waals surface area contributed by atoms with E-state index in [1.807, 2.05) is 33.8 Å². The Morgan fingerprint density at radius 2 is 2.10 bits per heavy atom. The summed E-state index contributed by atoms with van der Waals surface area (Å²) in [6, 6.07) is -0.204. The third kappa shape index (κ3) is 4.38. The summed E-state index contributed by atoms with van der Waals surface area (Å²) in [7, 11) is -1.20. The summed E-state index contributed by atoms with van der Waals surface area (Å²) in [6.45, 7) is 11.6. The molecule has 0 saturated carbocycles. The van der Waals surface area contributed by atoms with E-state index in [1.54, 1.807) is 12.4 Å². The van der Waals surface area contributed by atoms with Gasteiger partial charge in [-0.15, -0.1) is 6.58 Å². The second-order valence-electron chi connectivity index (χ2n) is 5.60. The van der Waals surface area contributed by atoms with Gasteiger partial charge in [0.25, 0.3) is 0 Å². The number of pyridine rings is 1. The zero-order valence-corrected chi connectivity index (χ0v) is 15.3. The quantitative estimate of drug-likeness (QED) is 0.770. The summed E-state index contributed by atoms with van der Waals surface area (Å²) < 4.78 is 15.9. The molecule has 3 unspecified atom stereocenters. The molecule has 0 fully saturated rings. The van der Waals surface area contributed by atoms with Gasteiger partial charge in [0.1, 0.15) is 0 Å². The Hall–Kier alpha value is -0.230. The fourth-order valence-electron chi connectivity index (χ4n) is 1.53. The van der Waals surface area contributed by atoms with E-state index in [0.717, 1.165) is 10.0 Å². The normalized spacial score (nSPS) is 16.5. The molecule has 1 aromatic heterocycles. The Morgan fingerprint density at radius 1 is 1.50 bits per heavy atom. The third-order valence-electron chi connectivity index (χ3n) is 2.89. The Labute approximate surface area is 136 Å². The fraction of sp³-hybridized carbons (Fsp3) is 0.500. The highest BCUT2D eigenvalue weighted by Crippen LogP contribution is 2.33. The van der Waals surface area contributed by atoms with Gasteiger partial charge in [0.05, 0.1) is 31.3 Å². The molecule has 1 N–H and O–H groups in total. The minimum atomic E-state index is -1.20. The van der Waals surface area contributed by atoms with Gasteiger partial charge in [-0.2, -0.15) is 0 Å². The lowest BCUT2D eigenvalue weighted by molar-refractivity contribution is 0.513. The molecular weight excluding hydrogens is 360 g/mol. The van der Waals surface area contributed by atoms with E-state index in [9.17, 15) is 4.21 Å². The average molecular weight is 380 g/mol. The number of aromatic nitrogens is 1. The maximum Gasteiger partial charge on any atom is 0.0976 e. The van der Waals surface area contributed by atoms with Crippen molar-refractivity contribution in [1.29, 1.82) is 0 Å². The van der Waals surface area contributed by atoms with E-state index < -0.39 is 11.0 Å². The summed E-state index contributed by atoms with van der Waals surface area (Å²) in [5, 5.41) is 0.581. The summed E-state index contributed by atoms with van der Waals surface area (Å²) in [6.07, 6.45) is 5.15. The van der Waals surface area contributed by atoms with Crippen molar-refractivity contribution in [2.75, 3.05) is 0 Å². The van der Waals surface area contributed by atoms with Crippen molar-refractivity contribution in [1.82, 2.24) is 9.71 Å². The molecule has 0 spiro atoms. The Kier molecular flexibility index (Phi) is 6.38. The van der Waals surface area contributed by atoms with Crippen LogP contribution < -0.4 is 4.72 Å². The summed E-state index contributed by atoms with van der Waals surface area (Å²) in [4.78, 5) is 4.15. The van der Waals surface area contributed by atoms with Gasteiger partial charge in [-0.3, -0.25) is 4.98 Å². The Bertz CT molecular complexity index is 516. The molecule has 20 heavy (non-hydrogen) atoms. The van der Waals surface area contributed by atoms with Crippen LogP contribution in [0.15, 0.2) is 29.5 Å². The molecule has 1 heterocycles. The smallest absolute Gasteiger partial charge is 0.0976 e. The molecule has 0 bridgehead atoms. The van der Waals surface area contributed by atoms with Crippen LogP contribution in [0.3, 0.4) is 0 Å². The molecule has 0 radical (unpaired) electrons. The highest BCUT2D eigenvalue weighted by atomic mass is 79.9. The first kappa shape index (κ1) is 17.8. The van der Waals surface area contributed by atoms with Gasteiger partial charge >= 0.3 is 0 Å². The van der Waals surface area contributed by atoms with E-state index in [2.05, 4.69) is 32.2 Å². The predicted octanol–water partition coefficient (Wildman–Crippen LogP) is 4.41. The van der Waals surface area contributed by atoms with Crippen molar-refractivity contribution in [3.8, 4) is 0 Å². The van der Waals surface area contributed by atoms with Crippen LogP contribution in [0.4, 0.5) is 0 Å². The second kappa shape index (κ2) is 7.16. The van der Waals surface area contributed by atoms with Gasteiger partial charge in [0.2, 0.25) is 0 Å². The second-order valence-corrected chi connectivity index (χ2v) is 8.83. The monoisotopic (exact) mass is 378 g/mol. The van der Waals surface area contributed by atoms with Crippen LogP contribution in [0.25, 0.3) is 0 Å². The van der Waals surface area contributed by atoms with E-state index in [0.29, 0.717) is 5.02 Å². The van der Waals surface area contributed by atoms with Crippen LogP contribution in [0.2, 0.25) is 5.02 Å². The van der Waals surface area contributed by atoms with Crippen LogP contribution in [-0.4, -0.2) is 13.9 Å². The molecular formula is C14H20BrClN2OS. The number of hydrogen-bond acceptors (Lipinski definition) is 2. The minimum Gasteiger partial charge on any atom is -0.263 e. The molecule has 1 rings (SSSR count). The zero-order chi connectivity index (χ0) is 15.5. The van der Waals surface area contributed by atoms with Crippen molar-refractivity contribution in [2.24, 2.45) is 5.92 Å². The first-order chi connectivity index (χ1) is 9.18. The molecule has 112 valence electrons. The summed E-state index contributed by atoms with van der Waals surface area (Å²) >= 11 is 9.69. The molecule has 0 aromatic carbocycles. The van der Waals surface area contributed by atoms with Crippen molar-refractivity contribution < 1.29 is 4.21 Å². The van der Waals surface area contributed by atoms with Crippen molar-refractivity contribution in [2.45, 2.75) is 38.5 Å². The lowest BCUT2D eigenvalue weighted by atomic mass is 9.97. The molecule has 0 aliphatic heterocycles. The molecule has 1 aromatic rings. The molecule has 0 saturated heterocycles. The van der Waals surface area contributed by atoms with Gasteiger partial charge in [-0.1, -0.05) is 24.6 Å². The van der Waals surface area contributed by atoms with E-state index in [1.165, 1.54) is 0 Å². The summed E-state index contributed by atoms with van der Waals surface area (Å²) in [5.74, 6) is 0.0647. The number of nitrogens with one attached hydrogen (secondary N) is 1. The molecule has 0 aliphatic rings. The van der Waals surface area contributed by atoms with E-state index >= 15 is 0 Å². The highest BCUT2D eigenvalue weighted by Gasteiger charge is 2.27. The number of hydrogen-bond donors (Lipinski definition) is 1. The molecule has 0 amide bonds. The SMILES string of the molecule is C=CC(C)C(NS(=O)C(C)(C)C)c1cncc(Br)c1Cl. The molecule has 3 nitrogen and oxygen atoms in total. The summed E-state index contributed by atoms with van der Waals surface area (Å²) in [5.41, 5.74) is 0.811. The fourth-order valence-corrected chi connectivity index (χ4v) is 3.02. The lowest BCUT2D eigenvalue weighted by Crippen LogP contribution is -2.37.